The van der Waals surface area contributed by atoms with Crippen molar-refractivity contribution in [2.75, 3.05) is 6.61 Å². The molecule has 0 aromatic heterocycles. The van der Waals surface area contributed by atoms with Gasteiger partial charge in [-0.25, -0.2) is 4.79 Å². The predicted molar refractivity (Wildman–Crippen MR) is 61.8 cm³/mol. The molecule has 1 aliphatic heterocycles. The number of carbonyl (C=O) groups excluding carboxylic acids is 1. The Morgan fingerprint density at radius 3 is 3.12 bits per heavy atom. The fraction of sp³-hybridized carbons (Fsp3) is 0.462. The first-order valence-corrected chi connectivity index (χ1v) is 5.76. The van der Waals surface area contributed by atoms with Crippen molar-refractivity contribution in [1.29, 1.82) is 0 Å². The van der Waals surface area contributed by atoms with Crippen LogP contribution in [0.25, 0.3) is 0 Å². The maximum atomic E-state index is 11.4. The van der Waals surface area contributed by atoms with Crippen molar-refractivity contribution in [3.8, 4) is 5.75 Å². The highest BCUT2D eigenvalue weighted by Crippen LogP contribution is 2.31. The van der Waals surface area contributed by atoms with Crippen LogP contribution in [-0.2, 0) is 16.0 Å². The minimum atomic E-state index is -1.24. The molecule has 1 aliphatic rings. The van der Waals surface area contributed by atoms with Crippen LogP contribution in [0, 0.1) is 0 Å². The molecular weight excluding hydrogens is 220 g/mol. The van der Waals surface area contributed by atoms with Crippen LogP contribution in [0.15, 0.2) is 18.2 Å². The van der Waals surface area contributed by atoms with E-state index in [0.29, 0.717) is 5.56 Å². The van der Waals surface area contributed by atoms with E-state index in [1.54, 1.807) is 19.1 Å². The third kappa shape index (κ3) is 2.42. The van der Waals surface area contributed by atoms with Crippen molar-refractivity contribution in [3.05, 3.63) is 29.3 Å². The first kappa shape index (κ1) is 11.9. The average Bonchev–Trinajstić information content (AvgIpc) is 2.67. The number of carbonyl (C=O) groups is 1. The summed E-state index contributed by atoms with van der Waals surface area (Å²) in [6.45, 7) is 3.95. The van der Waals surface area contributed by atoms with E-state index in [-0.39, 0.29) is 12.7 Å². The van der Waals surface area contributed by atoms with Gasteiger partial charge >= 0.3 is 5.97 Å². The maximum absolute atomic E-state index is 11.4. The van der Waals surface area contributed by atoms with E-state index in [1.165, 1.54) is 0 Å². The third-order valence-corrected chi connectivity index (χ3v) is 2.75. The van der Waals surface area contributed by atoms with E-state index in [2.05, 4.69) is 0 Å². The minimum Gasteiger partial charge on any atom is -0.490 e. The van der Waals surface area contributed by atoms with Crippen LogP contribution in [0.5, 0.6) is 5.75 Å². The lowest BCUT2D eigenvalue weighted by molar-refractivity contribution is -0.153. The number of esters is 1. The van der Waals surface area contributed by atoms with E-state index in [1.807, 2.05) is 13.0 Å². The van der Waals surface area contributed by atoms with Gasteiger partial charge < -0.3 is 14.6 Å². The van der Waals surface area contributed by atoms with Gasteiger partial charge in [-0.3, -0.25) is 0 Å². The lowest BCUT2D eigenvalue weighted by Crippen LogP contribution is -2.15. The first-order chi connectivity index (χ1) is 8.11. The van der Waals surface area contributed by atoms with E-state index in [0.717, 1.165) is 17.7 Å². The van der Waals surface area contributed by atoms with E-state index in [9.17, 15) is 9.90 Å². The number of ether oxygens (including phenoxy) is 2. The highest BCUT2D eigenvalue weighted by molar-refractivity contribution is 5.76. The highest BCUT2D eigenvalue weighted by Gasteiger charge is 2.23. The number of benzene rings is 1. The van der Waals surface area contributed by atoms with Crippen LogP contribution in [0.3, 0.4) is 0 Å². The van der Waals surface area contributed by atoms with Crippen LogP contribution in [0.2, 0.25) is 0 Å². The van der Waals surface area contributed by atoms with Crippen LogP contribution >= 0.6 is 0 Å². The topological polar surface area (TPSA) is 55.8 Å². The fourth-order valence-electron chi connectivity index (χ4n) is 1.94. The van der Waals surface area contributed by atoms with Crippen molar-refractivity contribution >= 4 is 5.97 Å². The van der Waals surface area contributed by atoms with Crippen molar-refractivity contribution < 1.29 is 19.4 Å². The van der Waals surface area contributed by atoms with E-state index < -0.39 is 12.1 Å². The van der Waals surface area contributed by atoms with Gasteiger partial charge in [-0.15, -0.1) is 0 Å². The zero-order chi connectivity index (χ0) is 12.4. The Labute approximate surface area is 100 Å². The van der Waals surface area contributed by atoms with Gasteiger partial charge in [0.25, 0.3) is 0 Å². The SMILES string of the molecule is CCOC(=O)C(O)c1ccc2c(c1)OC(C)C2. The van der Waals surface area contributed by atoms with Gasteiger partial charge in [0, 0.05) is 6.42 Å². The third-order valence-electron chi connectivity index (χ3n) is 2.75. The molecule has 4 nitrogen and oxygen atoms in total. The standard InChI is InChI=1S/C13H16O4/c1-3-16-13(15)12(14)10-5-4-9-6-8(2)17-11(9)7-10/h4-5,7-8,12,14H,3,6H2,1-2H3. The Morgan fingerprint density at radius 1 is 1.65 bits per heavy atom. The Hall–Kier alpha value is -1.55. The monoisotopic (exact) mass is 236 g/mol. The first-order valence-electron chi connectivity index (χ1n) is 5.76. The molecule has 0 aliphatic carbocycles. The maximum Gasteiger partial charge on any atom is 0.339 e. The smallest absolute Gasteiger partial charge is 0.339 e. The Morgan fingerprint density at radius 2 is 2.41 bits per heavy atom. The Bertz CT molecular complexity index is 427. The molecule has 1 aromatic rings. The number of hydrogen-bond acceptors (Lipinski definition) is 4. The summed E-state index contributed by atoms with van der Waals surface area (Å²) in [7, 11) is 0. The average molecular weight is 236 g/mol. The number of aliphatic hydroxyl groups is 1. The molecule has 1 N–H and O–H groups in total. The van der Waals surface area contributed by atoms with Crippen molar-refractivity contribution in [1.82, 2.24) is 0 Å². The Balaban J connectivity index is 2.18. The van der Waals surface area contributed by atoms with Crippen molar-refractivity contribution in [2.45, 2.75) is 32.5 Å². The van der Waals surface area contributed by atoms with E-state index >= 15 is 0 Å². The van der Waals surface area contributed by atoms with Gasteiger partial charge in [0.05, 0.1) is 6.61 Å². The summed E-state index contributed by atoms with van der Waals surface area (Å²) in [5.41, 5.74) is 1.62. The van der Waals surface area contributed by atoms with Gasteiger partial charge in [0.15, 0.2) is 6.10 Å². The number of fused-ring (bicyclic) bond motifs is 1. The van der Waals surface area contributed by atoms with Gasteiger partial charge in [-0.05, 0) is 31.0 Å². The van der Waals surface area contributed by atoms with Gasteiger partial charge in [0.2, 0.25) is 0 Å². The fourth-order valence-corrected chi connectivity index (χ4v) is 1.94. The number of rotatable bonds is 3. The van der Waals surface area contributed by atoms with E-state index in [4.69, 9.17) is 9.47 Å². The second-order valence-electron chi connectivity index (χ2n) is 4.15. The predicted octanol–water partition coefficient (Wildman–Crippen LogP) is 1.61. The normalized spacial score (nSPS) is 19.4. The van der Waals surface area contributed by atoms with Gasteiger partial charge in [-0.2, -0.15) is 0 Å². The molecule has 2 unspecified atom stereocenters. The zero-order valence-corrected chi connectivity index (χ0v) is 9.97. The molecule has 0 amide bonds. The van der Waals surface area contributed by atoms with Crippen LogP contribution in [0.4, 0.5) is 0 Å². The molecule has 0 fully saturated rings. The Kier molecular flexibility index (Phi) is 3.33. The quantitative estimate of drug-likeness (QED) is 0.810. The van der Waals surface area contributed by atoms with Crippen molar-refractivity contribution in [2.24, 2.45) is 0 Å². The molecule has 4 heteroatoms. The zero-order valence-electron chi connectivity index (χ0n) is 9.97. The molecule has 0 radical (unpaired) electrons. The van der Waals surface area contributed by atoms with Crippen LogP contribution < -0.4 is 4.74 Å². The van der Waals surface area contributed by atoms with Gasteiger partial charge in [0.1, 0.15) is 11.9 Å². The second kappa shape index (κ2) is 4.75. The molecular formula is C13H16O4. The highest BCUT2D eigenvalue weighted by atomic mass is 16.5. The summed E-state index contributed by atoms with van der Waals surface area (Å²) < 4.78 is 10.3. The van der Waals surface area contributed by atoms with Crippen molar-refractivity contribution in [3.63, 3.8) is 0 Å². The summed E-state index contributed by atoms with van der Waals surface area (Å²) >= 11 is 0. The number of hydrogen-bond donors (Lipinski definition) is 1. The summed E-state index contributed by atoms with van der Waals surface area (Å²) in [5.74, 6) is 0.122. The van der Waals surface area contributed by atoms with Crippen LogP contribution in [0.1, 0.15) is 31.1 Å². The second-order valence-corrected chi connectivity index (χ2v) is 4.15. The molecule has 92 valence electrons. The molecule has 0 saturated heterocycles. The molecule has 2 rings (SSSR count). The largest absolute Gasteiger partial charge is 0.490 e. The summed E-state index contributed by atoms with van der Waals surface area (Å²) in [5, 5.41) is 9.79. The molecule has 1 aromatic carbocycles. The molecule has 0 spiro atoms. The summed E-state index contributed by atoms with van der Waals surface area (Å²) in [6.07, 6.45) is -0.217. The van der Waals surface area contributed by atoms with Gasteiger partial charge in [-0.1, -0.05) is 12.1 Å². The molecule has 0 bridgehead atoms. The molecule has 0 saturated carbocycles. The molecule has 17 heavy (non-hydrogen) atoms. The molecule has 2 atom stereocenters. The van der Waals surface area contributed by atoms with Crippen LogP contribution in [-0.4, -0.2) is 23.8 Å². The minimum absolute atomic E-state index is 0.153. The summed E-state index contributed by atoms with van der Waals surface area (Å²) in [6, 6.07) is 5.33. The molecule has 1 heterocycles. The summed E-state index contributed by atoms with van der Waals surface area (Å²) in [4.78, 5) is 11.4. The number of aliphatic hydroxyl groups excluding tert-OH is 1. The lowest BCUT2D eigenvalue weighted by atomic mass is 10.0. The lowest BCUT2D eigenvalue weighted by Gasteiger charge is -2.11.